The van der Waals surface area contributed by atoms with Crippen LogP contribution in [0.15, 0.2) is 40.0 Å². The van der Waals surface area contributed by atoms with Gasteiger partial charge in [-0.1, -0.05) is 12.1 Å². The number of anilines is 1. The number of aromatic nitrogens is 2. The van der Waals surface area contributed by atoms with E-state index in [1.165, 1.54) is 12.4 Å². The zero-order valence-corrected chi connectivity index (χ0v) is 11.3. The minimum Gasteiger partial charge on any atom is -0.284 e. The fourth-order valence-electron chi connectivity index (χ4n) is 1.32. The van der Waals surface area contributed by atoms with E-state index >= 15 is 0 Å². The molecule has 0 amide bonds. The highest BCUT2D eigenvalue weighted by Crippen LogP contribution is 2.27. The molecule has 0 radical (unpaired) electrons. The summed E-state index contributed by atoms with van der Waals surface area (Å²) >= 11 is 3.35. The molecular formula is C10H10BrN3O2S. The van der Waals surface area contributed by atoms with E-state index in [0.29, 0.717) is 5.69 Å². The summed E-state index contributed by atoms with van der Waals surface area (Å²) in [5.74, 6) is 0. The van der Waals surface area contributed by atoms with Gasteiger partial charge in [-0.3, -0.25) is 9.82 Å². The van der Waals surface area contributed by atoms with Crippen molar-refractivity contribution in [2.24, 2.45) is 0 Å². The molecule has 1 aromatic carbocycles. The number of nitrogens with zero attached hydrogens (tertiary/aromatic N) is 1. The Hall–Kier alpha value is -1.34. The quantitative estimate of drug-likeness (QED) is 0.912. The number of nitrogens with one attached hydrogen (secondary N) is 2. The number of hydrogen-bond acceptors (Lipinski definition) is 3. The fraction of sp³-hybridized carbons (Fsp3) is 0.100. The summed E-state index contributed by atoms with van der Waals surface area (Å²) in [6.07, 6.45) is 2.58. The second kappa shape index (κ2) is 4.50. The summed E-state index contributed by atoms with van der Waals surface area (Å²) in [7, 11) is -3.58. The van der Waals surface area contributed by atoms with Crippen molar-refractivity contribution in [3.05, 3.63) is 40.6 Å². The van der Waals surface area contributed by atoms with Crippen molar-refractivity contribution in [1.82, 2.24) is 10.2 Å². The lowest BCUT2D eigenvalue weighted by atomic mass is 10.2. The van der Waals surface area contributed by atoms with Crippen LogP contribution in [0.5, 0.6) is 0 Å². The zero-order chi connectivity index (χ0) is 12.5. The third-order valence-corrected chi connectivity index (χ3v) is 4.60. The van der Waals surface area contributed by atoms with Gasteiger partial charge in [0.15, 0.2) is 0 Å². The van der Waals surface area contributed by atoms with Crippen LogP contribution in [0.1, 0.15) is 5.56 Å². The number of hydrogen-bond donors (Lipinski definition) is 2. The Morgan fingerprint density at radius 3 is 2.82 bits per heavy atom. The maximum Gasteiger partial charge on any atom is 0.265 e. The van der Waals surface area contributed by atoms with Gasteiger partial charge in [-0.2, -0.15) is 5.10 Å². The second-order valence-electron chi connectivity index (χ2n) is 3.48. The molecule has 2 rings (SSSR count). The van der Waals surface area contributed by atoms with Crippen molar-refractivity contribution in [3.8, 4) is 0 Å². The molecular weight excluding hydrogens is 306 g/mol. The minimum absolute atomic E-state index is 0.103. The maximum atomic E-state index is 11.9. The third kappa shape index (κ3) is 2.50. The van der Waals surface area contributed by atoms with E-state index in [0.717, 1.165) is 10.0 Å². The van der Waals surface area contributed by atoms with Gasteiger partial charge >= 0.3 is 0 Å². The van der Waals surface area contributed by atoms with Gasteiger partial charge in [-0.25, -0.2) is 8.42 Å². The second-order valence-corrected chi connectivity index (χ2v) is 5.95. The van der Waals surface area contributed by atoms with E-state index < -0.39 is 10.0 Å². The van der Waals surface area contributed by atoms with Gasteiger partial charge in [0.2, 0.25) is 0 Å². The van der Waals surface area contributed by atoms with E-state index in [1.54, 1.807) is 12.1 Å². The van der Waals surface area contributed by atoms with Gasteiger partial charge in [0.05, 0.1) is 11.9 Å². The molecule has 1 aromatic heterocycles. The van der Waals surface area contributed by atoms with Crippen LogP contribution >= 0.6 is 15.9 Å². The molecule has 90 valence electrons. The summed E-state index contributed by atoms with van der Waals surface area (Å²) in [5.41, 5.74) is 1.46. The molecule has 0 aliphatic heterocycles. The Morgan fingerprint density at radius 2 is 2.18 bits per heavy atom. The van der Waals surface area contributed by atoms with E-state index in [4.69, 9.17) is 0 Å². The molecule has 7 heteroatoms. The monoisotopic (exact) mass is 315 g/mol. The molecule has 0 atom stereocenters. The van der Waals surface area contributed by atoms with Crippen LogP contribution in [0.4, 0.5) is 5.69 Å². The number of rotatable bonds is 3. The van der Waals surface area contributed by atoms with Crippen LogP contribution in [0.3, 0.4) is 0 Å². The van der Waals surface area contributed by atoms with E-state index in [2.05, 4.69) is 30.8 Å². The highest BCUT2D eigenvalue weighted by atomic mass is 79.9. The molecule has 0 saturated carbocycles. The van der Waals surface area contributed by atoms with E-state index in [-0.39, 0.29) is 4.90 Å². The SMILES string of the molecule is Cc1cccc(NS(=O)(=O)c2cn[nH]c2)c1Br. The van der Waals surface area contributed by atoms with Gasteiger partial charge in [-0.05, 0) is 34.5 Å². The van der Waals surface area contributed by atoms with Crippen LogP contribution in [0.2, 0.25) is 0 Å². The summed E-state index contributed by atoms with van der Waals surface area (Å²) in [5, 5.41) is 6.08. The highest BCUT2D eigenvalue weighted by Gasteiger charge is 2.16. The Labute approximate surface area is 107 Å². The zero-order valence-electron chi connectivity index (χ0n) is 8.94. The lowest BCUT2D eigenvalue weighted by Gasteiger charge is -2.09. The predicted octanol–water partition coefficient (Wildman–Crippen LogP) is 2.28. The number of halogens is 1. The molecule has 0 bridgehead atoms. The molecule has 2 aromatic rings. The largest absolute Gasteiger partial charge is 0.284 e. The minimum atomic E-state index is -3.58. The van der Waals surface area contributed by atoms with E-state index in [9.17, 15) is 8.42 Å². The normalized spacial score (nSPS) is 11.4. The molecule has 1 heterocycles. The lowest BCUT2D eigenvalue weighted by Crippen LogP contribution is -2.12. The molecule has 0 unspecified atom stereocenters. The predicted molar refractivity (Wildman–Crippen MR) is 68.3 cm³/mol. The number of aryl methyl sites for hydroxylation is 1. The van der Waals surface area contributed by atoms with Gasteiger partial charge in [-0.15, -0.1) is 0 Å². The van der Waals surface area contributed by atoms with Crippen LogP contribution in [0.25, 0.3) is 0 Å². The average Bonchev–Trinajstić information content (AvgIpc) is 2.78. The topological polar surface area (TPSA) is 74.8 Å². The Morgan fingerprint density at radius 1 is 1.41 bits per heavy atom. The first-order valence-electron chi connectivity index (χ1n) is 4.77. The van der Waals surface area contributed by atoms with Gasteiger partial charge in [0, 0.05) is 10.7 Å². The van der Waals surface area contributed by atoms with E-state index in [1.807, 2.05) is 13.0 Å². The summed E-state index contributed by atoms with van der Waals surface area (Å²) < 4.78 is 27.1. The van der Waals surface area contributed by atoms with Gasteiger partial charge in [0.25, 0.3) is 10.0 Å². The first-order valence-corrected chi connectivity index (χ1v) is 7.05. The van der Waals surface area contributed by atoms with Gasteiger partial charge in [0.1, 0.15) is 4.90 Å². The molecule has 0 saturated heterocycles. The number of sulfonamides is 1. The number of H-pyrrole nitrogens is 1. The van der Waals surface area contributed by atoms with Gasteiger partial charge < -0.3 is 0 Å². The summed E-state index contributed by atoms with van der Waals surface area (Å²) in [6, 6.07) is 5.36. The first-order chi connectivity index (χ1) is 8.00. The van der Waals surface area contributed by atoms with Crippen molar-refractivity contribution >= 4 is 31.6 Å². The summed E-state index contributed by atoms with van der Waals surface area (Å²) in [4.78, 5) is 0.103. The molecule has 0 fully saturated rings. The van der Waals surface area contributed by atoms with Crippen molar-refractivity contribution in [3.63, 3.8) is 0 Å². The molecule has 0 aliphatic rings. The lowest BCUT2D eigenvalue weighted by molar-refractivity contribution is 0.601. The van der Waals surface area contributed by atoms with Crippen molar-refractivity contribution in [1.29, 1.82) is 0 Å². The Balaban J connectivity index is 2.37. The number of aromatic amines is 1. The van der Waals surface area contributed by atoms with Crippen molar-refractivity contribution in [2.75, 3.05) is 4.72 Å². The molecule has 0 aliphatic carbocycles. The van der Waals surface area contributed by atoms with Crippen LogP contribution in [0, 0.1) is 6.92 Å². The molecule has 0 spiro atoms. The number of benzene rings is 1. The fourth-order valence-corrected chi connectivity index (χ4v) is 2.79. The molecule has 17 heavy (non-hydrogen) atoms. The standard InChI is InChI=1S/C10H10BrN3O2S/c1-7-3-2-4-9(10(7)11)14-17(15,16)8-5-12-13-6-8/h2-6,14H,1H3,(H,12,13). The highest BCUT2D eigenvalue weighted by molar-refractivity contribution is 9.10. The third-order valence-electron chi connectivity index (χ3n) is 2.22. The molecule has 5 nitrogen and oxygen atoms in total. The smallest absolute Gasteiger partial charge is 0.265 e. The van der Waals surface area contributed by atoms with Crippen LogP contribution in [-0.4, -0.2) is 18.6 Å². The van der Waals surface area contributed by atoms with Crippen LogP contribution < -0.4 is 4.72 Å². The van der Waals surface area contributed by atoms with Crippen molar-refractivity contribution < 1.29 is 8.42 Å². The Kier molecular flexibility index (Phi) is 3.21. The molecule has 2 N–H and O–H groups in total. The summed E-state index contributed by atoms with van der Waals surface area (Å²) in [6.45, 7) is 1.89. The Bertz CT molecular complexity index is 623. The van der Waals surface area contributed by atoms with Crippen molar-refractivity contribution in [2.45, 2.75) is 11.8 Å². The average molecular weight is 316 g/mol. The van der Waals surface area contributed by atoms with Crippen LogP contribution in [-0.2, 0) is 10.0 Å². The maximum absolute atomic E-state index is 11.9. The first kappa shape index (κ1) is 12.1.